The zero-order valence-electron chi connectivity index (χ0n) is 13.8. The number of ether oxygens (including phenoxy) is 2. The maximum absolute atomic E-state index is 12.5. The zero-order valence-corrected chi connectivity index (χ0v) is 14.5. The molecule has 0 aliphatic carbocycles. The monoisotopic (exact) mass is 350 g/mol. The third kappa shape index (κ3) is 3.59. The van der Waals surface area contributed by atoms with Gasteiger partial charge in [-0.2, -0.15) is 0 Å². The van der Waals surface area contributed by atoms with Gasteiger partial charge in [0.1, 0.15) is 6.61 Å². The molecule has 1 aliphatic rings. The van der Waals surface area contributed by atoms with Crippen LogP contribution >= 0.6 is 11.6 Å². The number of dihydropyridines is 1. The Labute approximate surface area is 145 Å². The summed E-state index contributed by atoms with van der Waals surface area (Å²) in [4.78, 5) is 28.9. The van der Waals surface area contributed by atoms with E-state index in [2.05, 4.69) is 10.3 Å². The number of pyridine rings is 1. The van der Waals surface area contributed by atoms with E-state index in [4.69, 9.17) is 21.1 Å². The smallest absolute Gasteiger partial charge is 0.336 e. The maximum Gasteiger partial charge on any atom is 0.336 e. The summed E-state index contributed by atoms with van der Waals surface area (Å²) in [6.45, 7) is 3.62. The molecule has 24 heavy (non-hydrogen) atoms. The summed E-state index contributed by atoms with van der Waals surface area (Å²) < 4.78 is 10.1. The van der Waals surface area contributed by atoms with Crippen molar-refractivity contribution < 1.29 is 19.1 Å². The summed E-state index contributed by atoms with van der Waals surface area (Å²) in [6, 6.07) is 3.56. The number of nitrogens with one attached hydrogen (secondary N) is 1. The van der Waals surface area contributed by atoms with E-state index in [0.29, 0.717) is 28.1 Å². The van der Waals surface area contributed by atoms with E-state index in [0.717, 1.165) is 0 Å². The Bertz CT molecular complexity index is 698. The van der Waals surface area contributed by atoms with Gasteiger partial charge in [0.25, 0.3) is 0 Å². The summed E-state index contributed by atoms with van der Waals surface area (Å²) >= 11 is 5.60. The molecule has 0 spiro atoms. The molecular weight excluding hydrogens is 332 g/mol. The molecule has 0 saturated heterocycles. The number of rotatable bonds is 5. The van der Waals surface area contributed by atoms with Gasteiger partial charge in [0.05, 0.1) is 30.1 Å². The summed E-state index contributed by atoms with van der Waals surface area (Å²) in [6.07, 6.45) is 3.25. The van der Waals surface area contributed by atoms with Crippen LogP contribution in [0.15, 0.2) is 47.1 Å². The molecule has 2 rings (SSSR count). The molecular formula is C17H19ClN2O4. The molecule has 2 heterocycles. The minimum absolute atomic E-state index is 0.0905. The Morgan fingerprint density at radius 3 is 2.46 bits per heavy atom. The van der Waals surface area contributed by atoms with Gasteiger partial charge in [-0.25, -0.2) is 9.59 Å². The van der Waals surface area contributed by atoms with Crippen LogP contribution in [0, 0.1) is 0 Å². The molecule has 0 saturated carbocycles. The van der Waals surface area contributed by atoms with E-state index in [1.807, 2.05) is 0 Å². The number of methoxy groups -OCH3 is 1. The largest absolute Gasteiger partial charge is 0.466 e. The van der Waals surface area contributed by atoms with Crippen molar-refractivity contribution in [3.05, 3.63) is 52.6 Å². The van der Waals surface area contributed by atoms with E-state index < -0.39 is 17.9 Å². The van der Waals surface area contributed by atoms with E-state index in [1.54, 1.807) is 38.4 Å². The summed E-state index contributed by atoms with van der Waals surface area (Å²) in [5.74, 6) is -1.45. The highest BCUT2D eigenvalue weighted by atomic mass is 35.5. The number of hydrogen-bond donors (Lipinski definition) is 1. The van der Waals surface area contributed by atoms with E-state index in [-0.39, 0.29) is 12.5 Å². The molecule has 1 N–H and O–H groups in total. The van der Waals surface area contributed by atoms with Crippen LogP contribution in [0.5, 0.6) is 0 Å². The quantitative estimate of drug-likeness (QED) is 0.648. The van der Waals surface area contributed by atoms with Crippen LogP contribution in [0.2, 0.25) is 0 Å². The molecule has 0 amide bonds. The van der Waals surface area contributed by atoms with E-state index >= 15 is 0 Å². The fourth-order valence-corrected chi connectivity index (χ4v) is 2.81. The minimum Gasteiger partial charge on any atom is -0.466 e. The molecule has 0 fully saturated rings. The first-order valence-electron chi connectivity index (χ1n) is 7.41. The van der Waals surface area contributed by atoms with Crippen molar-refractivity contribution >= 4 is 23.5 Å². The van der Waals surface area contributed by atoms with Crippen LogP contribution in [0.4, 0.5) is 0 Å². The van der Waals surface area contributed by atoms with Gasteiger partial charge in [0.2, 0.25) is 0 Å². The van der Waals surface area contributed by atoms with Crippen molar-refractivity contribution in [2.75, 3.05) is 19.6 Å². The Balaban J connectivity index is 2.56. The summed E-state index contributed by atoms with van der Waals surface area (Å²) in [5, 5.41) is 3.06. The van der Waals surface area contributed by atoms with Crippen LogP contribution in [-0.2, 0) is 19.1 Å². The SMILES string of the molecule is COC(=O)C1=C(C)NC(C)=C(C(=O)OCCCl)C1c1cccnc1. The lowest BCUT2D eigenvalue weighted by molar-refractivity contribution is -0.139. The van der Waals surface area contributed by atoms with Crippen LogP contribution in [-0.4, -0.2) is 36.5 Å². The standard InChI is InChI=1S/C17H19ClN2O4/c1-10-13(16(21)23-3)15(12-5-4-7-19-9-12)14(11(2)20-10)17(22)24-8-6-18/h4-5,7,9,15,20H,6,8H2,1-3H3. The van der Waals surface area contributed by atoms with E-state index in [1.165, 1.54) is 7.11 Å². The molecule has 1 aliphatic heterocycles. The van der Waals surface area contributed by atoms with Gasteiger partial charge in [-0.1, -0.05) is 6.07 Å². The lowest BCUT2D eigenvalue weighted by Crippen LogP contribution is -2.32. The predicted octanol–water partition coefficient (Wildman–Crippen LogP) is 2.27. The Hall–Kier alpha value is -2.34. The van der Waals surface area contributed by atoms with Gasteiger partial charge in [0.15, 0.2) is 0 Å². The van der Waals surface area contributed by atoms with Crippen molar-refractivity contribution in [1.82, 2.24) is 10.3 Å². The lowest BCUT2D eigenvalue weighted by atomic mass is 9.81. The third-order valence-electron chi connectivity index (χ3n) is 3.71. The second-order valence-electron chi connectivity index (χ2n) is 5.24. The lowest BCUT2D eigenvalue weighted by Gasteiger charge is -2.30. The maximum atomic E-state index is 12.5. The van der Waals surface area contributed by atoms with Gasteiger partial charge >= 0.3 is 11.9 Å². The second kappa shape index (κ2) is 7.97. The molecule has 0 bridgehead atoms. The third-order valence-corrected chi connectivity index (χ3v) is 3.87. The molecule has 1 unspecified atom stereocenters. The Kier molecular flexibility index (Phi) is 5.98. The highest BCUT2D eigenvalue weighted by molar-refractivity contribution is 6.18. The first kappa shape index (κ1) is 18.0. The van der Waals surface area contributed by atoms with Crippen LogP contribution in [0.3, 0.4) is 0 Å². The average Bonchev–Trinajstić information content (AvgIpc) is 2.59. The second-order valence-corrected chi connectivity index (χ2v) is 5.62. The molecule has 128 valence electrons. The topological polar surface area (TPSA) is 77.5 Å². The number of allylic oxidation sites excluding steroid dienone is 2. The normalized spacial score (nSPS) is 17.4. The Morgan fingerprint density at radius 1 is 1.25 bits per heavy atom. The van der Waals surface area contributed by atoms with Crippen LogP contribution in [0.1, 0.15) is 25.3 Å². The molecule has 1 atom stereocenters. The molecule has 0 radical (unpaired) electrons. The summed E-state index contributed by atoms with van der Waals surface area (Å²) in [5.41, 5.74) is 2.65. The van der Waals surface area contributed by atoms with Gasteiger partial charge in [-0.05, 0) is 25.5 Å². The average molecular weight is 351 g/mol. The number of aromatic nitrogens is 1. The first-order chi connectivity index (χ1) is 11.5. The van der Waals surface area contributed by atoms with Gasteiger partial charge in [0, 0.05) is 23.8 Å². The van der Waals surface area contributed by atoms with Crippen LogP contribution < -0.4 is 5.32 Å². The molecule has 7 heteroatoms. The van der Waals surface area contributed by atoms with Crippen molar-refractivity contribution in [3.8, 4) is 0 Å². The Morgan fingerprint density at radius 2 is 1.92 bits per heavy atom. The highest BCUT2D eigenvalue weighted by Crippen LogP contribution is 2.38. The van der Waals surface area contributed by atoms with Crippen molar-refractivity contribution in [2.24, 2.45) is 0 Å². The zero-order chi connectivity index (χ0) is 17.7. The summed E-state index contributed by atoms with van der Waals surface area (Å²) in [7, 11) is 1.31. The number of halogens is 1. The first-order valence-corrected chi connectivity index (χ1v) is 7.94. The molecule has 1 aromatic rings. The van der Waals surface area contributed by atoms with Gasteiger partial charge in [-0.3, -0.25) is 4.98 Å². The molecule has 6 nitrogen and oxygen atoms in total. The highest BCUT2D eigenvalue weighted by Gasteiger charge is 2.37. The van der Waals surface area contributed by atoms with Crippen molar-refractivity contribution in [2.45, 2.75) is 19.8 Å². The number of hydrogen-bond acceptors (Lipinski definition) is 6. The van der Waals surface area contributed by atoms with Crippen molar-refractivity contribution in [1.29, 1.82) is 0 Å². The number of nitrogens with zero attached hydrogens (tertiary/aromatic N) is 1. The fourth-order valence-electron chi connectivity index (χ4n) is 2.73. The van der Waals surface area contributed by atoms with Gasteiger partial charge in [-0.15, -0.1) is 11.6 Å². The number of carbonyl (C=O) groups excluding carboxylic acids is 2. The number of alkyl halides is 1. The minimum atomic E-state index is -0.616. The van der Waals surface area contributed by atoms with E-state index in [9.17, 15) is 9.59 Å². The fraction of sp³-hybridized carbons (Fsp3) is 0.353. The van der Waals surface area contributed by atoms with Crippen molar-refractivity contribution in [3.63, 3.8) is 0 Å². The number of esters is 2. The van der Waals surface area contributed by atoms with Crippen LogP contribution in [0.25, 0.3) is 0 Å². The molecule has 0 aromatic carbocycles. The molecule has 1 aromatic heterocycles. The number of carbonyl (C=O) groups is 2. The predicted molar refractivity (Wildman–Crippen MR) is 89.2 cm³/mol. The van der Waals surface area contributed by atoms with Gasteiger partial charge < -0.3 is 14.8 Å².